The van der Waals surface area contributed by atoms with Gasteiger partial charge in [0.1, 0.15) is 5.75 Å². The Morgan fingerprint density at radius 3 is 2.85 bits per heavy atom. The largest absolute Gasteiger partial charge is 0.494 e. The first kappa shape index (κ1) is 8.89. The molecule has 1 aromatic rings. The van der Waals surface area contributed by atoms with Crippen molar-refractivity contribution < 1.29 is 4.74 Å². The van der Waals surface area contributed by atoms with Crippen LogP contribution < -0.4 is 4.74 Å². The number of hydrogen-bond acceptors (Lipinski definition) is 1. The van der Waals surface area contributed by atoms with Crippen molar-refractivity contribution in [3.8, 4) is 5.75 Å². The molecule has 13 heavy (non-hydrogen) atoms. The molecule has 70 valence electrons. The van der Waals surface area contributed by atoms with Crippen LogP contribution in [0.5, 0.6) is 5.75 Å². The first-order valence-electron chi connectivity index (χ1n) is 4.76. The molecular formula is C11H13ClO. The summed E-state index contributed by atoms with van der Waals surface area (Å²) >= 11 is 6.09. The lowest BCUT2D eigenvalue weighted by Gasteiger charge is -2.09. The van der Waals surface area contributed by atoms with E-state index in [1.165, 1.54) is 17.5 Å². The van der Waals surface area contributed by atoms with Crippen molar-refractivity contribution in [1.82, 2.24) is 0 Å². The monoisotopic (exact) mass is 196 g/mol. The van der Waals surface area contributed by atoms with E-state index in [1.807, 2.05) is 19.1 Å². The van der Waals surface area contributed by atoms with Crippen LogP contribution in [-0.2, 0) is 12.8 Å². The molecule has 0 N–H and O–H groups in total. The molecule has 0 amide bonds. The molecule has 1 aliphatic carbocycles. The molecule has 0 radical (unpaired) electrons. The second kappa shape index (κ2) is 3.59. The minimum absolute atomic E-state index is 0.730. The van der Waals surface area contributed by atoms with E-state index in [1.54, 1.807) is 0 Å². The third-order valence-corrected chi connectivity index (χ3v) is 2.84. The summed E-state index contributed by atoms with van der Waals surface area (Å²) in [6.07, 6.45) is 3.43. The highest BCUT2D eigenvalue weighted by Gasteiger charge is 2.18. The summed E-state index contributed by atoms with van der Waals surface area (Å²) in [7, 11) is 0. The van der Waals surface area contributed by atoms with Gasteiger partial charge in [-0.05, 0) is 49.4 Å². The minimum atomic E-state index is 0.730. The highest BCUT2D eigenvalue weighted by Crippen LogP contribution is 2.35. The number of rotatable bonds is 2. The van der Waals surface area contributed by atoms with E-state index in [4.69, 9.17) is 16.3 Å². The Labute approximate surface area is 83.7 Å². The van der Waals surface area contributed by atoms with Crippen molar-refractivity contribution in [1.29, 1.82) is 0 Å². The average molecular weight is 197 g/mol. The standard InChI is InChI=1S/C11H13ClO/c1-2-13-11-7-6-10(12)8-4-3-5-9(8)11/h6-7H,2-5H2,1H3. The number of benzene rings is 1. The predicted octanol–water partition coefficient (Wildman–Crippen LogP) is 3.23. The second-order valence-corrected chi connectivity index (χ2v) is 3.70. The third kappa shape index (κ3) is 1.53. The Bertz CT molecular complexity index is 320. The topological polar surface area (TPSA) is 9.23 Å². The smallest absolute Gasteiger partial charge is 0.122 e. The number of halogens is 1. The fraction of sp³-hybridized carbons (Fsp3) is 0.455. The van der Waals surface area contributed by atoms with E-state index < -0.39 is 0 Å². The van der Waals surface area contributed by atoms with Crippen LogP contribution in [0.25, 0.3) is 0 Å². The summed E-state index contributed by atoms with van der Waals surface area (Å²) in [5, 5.41) is 0.899. The molecule has 1 aliphatic rings. The SMILES string of the molecule is CCOc1ccc(Cl)c2c1CCC2. The quantitative estimate of drug-likeness (QED) is 0.706. The fourth-order valence-corrected chi connectivity index (χ4v) is 2.19. The van der Waals surface area contributed by atoms with Gasteiger partial charge in [-0.15, -0.1) is 0 Å². The molecule has 2 rings (SSSR count). The number of hydrogen-bond donors (Lipinski definition) is 0. The molecule has 0 fully saturated rings. The van der Waals surface area contributed by atoms with Gasteiger partial charge in [-0.1, -0.05) is 11.6 Å². The van der Waals surface area contributed by atoms with Gasteiger partial charge in [0.15, 0.2) is 0 Å². The lowest BCUT2D eigenvalue weighted by Crippen LogP contribution is -1.96. The van der Waals surface area contributed by atoms with Gasteiger partial charge < -0.3 is 4.74 Å². The second-order valence-electron chi connectivity index (χ2n) is 3.29. The van der Waals surface area contributed by atoms with Crippen LogP contribution in [0.2, 0.25) is 5.02 Å². The van der Waals surface area contributed by atoms with Crippen molar-refractivity contribution in [3.63, 3.8) is 0 Å². The molecule has 0 aliphatic heterocycles. The molecule has 0 spiro atoms. The third-order valence-electron chi connectivity index (χ3n) is 2.48. The lowest BCUT2D eigenvalue weighted by atomic mass is 10.1. The number of fused-ring (bicyclic) bond motifs is 1. The molecule has 2 heteroatoms. The van der Waals surface area contributed by atoms with E-state index in [-0.39, 0.29) is 0 Å². The van der Waals surface area contributed by atoms with Gasteiger partial charge in [-0.2, -0.15) is 0 Å². The maximum Gasteiger partial charge on any atom is 0.122 e. The van der Waals surface area contributed by atoms with E-state index >= 15 is 0 Å². The molecule has 0 bridgehead atoms. The Kier molecular flexibility index (Phi) is 2.45. The van der Waals surface area contributed by atoms with Crippen LogP contribution in [0.3, 0.4) is 0 Å². The van der Waals surface area contributed by atoms with Gasteiger partial charge >= 0.3 is 0 Å². The maximum atomic E-state index is 6.09. The van der Waals surface area contributed by atoms with Gasteiger partial charge in [0, 0.05) is 5.02 Å². The fourth-order valence-electron chi connectivity index (χ4n) is 1.92. The Hall–Kier alpha value is -0.690. The Balaban J connectivity index is 2.43. The summed E-state index contributed by atoms with van der Waals surface area (Å²) in [4.78, 5) is 0. The molecule has 0 unspecified atom stereocenters. The molecule has 0 saturated heterocycles. The normalized spacial score (nSPS) is 14.3. The highest BCUT2D eigenvalue weighted by molar-refractivity contribution is 6.31. The van der Waals surface area contributed by atoms with E-state index in [9.17, 15) is 0 Å². The van der Waals surface area contributed by atoms with Crippen LogP contribution in [-0.4, -0.2) is 6.61 Å². The summed E-state index contributed by atoms with van der Waals surface area (Å²) in [6.45, 7) is 2.74. The van der Waals surface area contributed by atoms with E-state index in [2.05, 4.69) is 0 Å². The van der Waals surface area contributed by atoms with Gasteiger partial charge in [0.25, 0.3) is 0 Å². The van der Waals surface area contributed by atoms with Crippen molar-refractivity contribution in [3.05, 3.63) is 28.3 Å². The summed E-state index contributed by atoms with van der Waals surface area (Å²) in [6, 6.07) is 3.92. The van der Waals surface area contributed by atoms with Gasteiger partial charge in [-0.25, -0.2) is 0 Å². The van der Waals surface area contributed by atoms with Gasteiger partial charge in [-0.3, -0.25) is 0 Å². The molecule has 0 aromatic heterocycles. The zero-order valence-corrected chi connectivity index (χ0v) is 8.53. The van der Waals surface area contributed by atoms with Crippen molar-refractivity contribution in [2.24, 2.45) is 0 Å². The van der Waals surface area contributed by atoms with Crippen molar-refractivity contribution in [2.45, 2.75) is 26.2 Å². The summed E-state index contributed by atoms with van der Waals surface area (Å²) < 4.78 is 5.55. The van der Waals surface area contributed by atoms with Crippen LogP contribution in [0, 0.1) is 0 Å². The predicted molar refractivity (Wildman–Crippen MR) is 54.6 cm³/mol. The molecule has 0 saturated carbocycles. The highest BCUT2D eigenvalue weighted by atomic mass is 35.5. The average Bonchev–Trinajstić information content (AvgIpc) is 2.59. The van der Waals surface area contributed by atoms with E-state index in [0.717, 1.165) is 30.2 Å². The molecular weight excluding hydrogens is 184 g/mol. The van der Waals surface area contributed by atoms with Crippen LogP contribution >= 0.6 is 11.6 Å². The molecule has 1 nitrogen and oxygen atoms in total. The summed E-state index contributed by atoms with van der Waals surface area (Å²) in [5.41, 5.74) is 2.63. The van der Waals surface area contributed by atoms with E-state index in [0.29, 0.717) is 0 Å². The number of ether oxygens (including phenoxy) is 1. The van der Waals surface area contributed by atoms with Crippen molar-refractivity contribution >= 4 is 11.6 Å². The zero-order valence-electron chi connectivity index (χ0n) is 7.77. The van der Waals surface area contributed by atoms with Gasteiger partial charge in [0.2, 0.25) is 0 Å². The zero-order chi connectivity index (χ0) is 9.26. The maximum absolute atomic E-state index is 6.09. The molecule has 1 aromatic carbocycles. The first-order valence-corrected chi connectivity index (χ1v) is 5.13. The van der Waals surface area contributed by atoms with Crippen LogP contribution in [0.15, 0.2) is 12.1 Å². The Morgan fingerprint density at radius 2 is 2.08 bits per heavy atom. The Morgan fingerprint density at radius 1 is 1.31 bits per heavy atom. The lowest BCUT2D eigenvalue weighted by molar-refractivity contribution is 0.337. The first-order chi connectivity index (χ1) is 6.33. The molecule has 0 heterocycles. The summed E-state index contributed by atoms with van der Waals surface area (Å²) in [5.74, 6) is 1.03. The van der Waals surface area contributed by atoms with Gasteiger partial charge in [0.05, 0.1) is 6.61 Å². The van der Waals surface area contributed by atoms with Crippen LogP contribution in [0.1, 0.15) is 24.5 Å². The molecule has 0 atom stereocenters. The minimum Gasteiger partial charge on any atom is -0.494 e. The van der Waals surface area contributed by atoms with Crippen LogP contribution in [0.4, 0.5) is 0 Å². The van der Waals surface area contributed by atoms with Crippen molar-refractivity contribution in [2.75, 3.05) is 6.61 Å².